The van der Waals surface area contributed by atoms with Gasteiger partial charge in [0.1, 0.15) is 0 Å². The molecule has 0 unspecified atom stereocenters. The van der Waals surface area contributed by atoms with Crippen molar-refractivity contribution >= 4 is 27.3 Å². The maximum absolute atomic E-state index is 13.8. The molecule has 6 heteroatoms. The minimum atomic E-state index is -3.67. The van der Waals surface area contributed by atoms with E-state index in [1.165, 1.54) is 5.56 Å². The van der Waals surface area contributed by atoms with Gasteiger partial charge in [-0.25, -0.2) is 8.42 Å². The Bertz CT molecular complexity index is 1150. The van der Waals surface area contributed by atoms with E-state index in [-0.39, 0.29) is 6.04 Å². The first-order valence-corrected chi connectivity index (χ1v) is 12.8. The Morgan fingerprint density at radius 1 is 0.906 bits per heavy atom. The van der Waals surface area contributed by atoms with E-state index in [4.69, 9.17) is 11.6 Å². The first kappa shape index (κ1) is 22.8. The van der Waals surface area contributed by atoms with Gasteiger partial charge in [-0.2, -0.15) is 0 Å². The van der Waals surface area contributed by atoms with Gasteiger partial charge in [0, 0.05) is 30.7 Å². The summed E-state index contributed by atoms with van der Waals surface area (Å²) < 4.78 is 29.2. The Morgan fingerprint density at radius 2 is 1.56 bits per heavy atom. The van der Waals surface area contributed by atoms with Crippen LogP contribution in [0.5, 0.6) is 0 Å². The highest BCUT2D eigenvalue weighted by molar-refractivity contribution is 7.92. The van der Waals surface area contributed by atoms with Crippen LogP contribution in [-0.2, 0) is 16.6 Å². The Labute approximate surface area is 196 Å². The SMILES string of the molecule is Cc1ccc(N(C2CCN(Cc3ccc(Cl)cc3)CC2)S(=O)(=O)c2cccc(C)c2)cc1. The lowest BCUT2D eigenvalue weighted by Gasteiger charge is -2.39. The third-order valence-corrected chi connectivity index (χ3v) is 8.17. The maximum Gasteiger partial charge on any atom is 0.264 e. The average Bonchev–Trinajstić information content (AvgIpc) is 2.78. The molecule has 0 bridgehead atoms. The molecule has 3 aromatic rings. The molecule has 0 aliphatic carbocycles. The van der Waals surface area contributed by atoms with E-state index in [1.807, 2.05) is 62.4 Å². The number of aryl methyl sites for hydroxylation is 2. The van der Waals surface area contributed by atoms with Crippen LogP contribution in [0, 0.1) is 13.8 Å². The number of benzene rings is 3. The predicted octanol–water partition coefficient (Wildman–Crippen LogP) is 5.82. The van der Waals surface area contributed by atoms with Gasteiger partial charge in [0.05, 0.1) is 10.6 Å². The Morgan fingerprint density at radius 3 is 2.19 bits per heavy atom. The highest BCUT2D eigenvalue weighted by Gasteiger charge is 2.34. The van der Waals surface area contributed by atoms with Gasteiger partial charge < -0.3 is 0 Å². The van der Waals surface area contributed by atoms with E-state index in [9.17, 15) is 8.42 Å². The fourth-order valence-corrected chi connectivity index (χ4v) is 6.23. The van der Waals surface area contributed by atoms with Crippen molar-refractivity contribution in [1.29, 1.82) is 0 Å². The van der Waals surface area contributed by atoms with Crippen molar-refractivity contribution in [2.75, 3.05) is 17.4 Å². The molecule has 0 radical (unpaired) electrons. The van der Waals surface area contributed by atoms with E-state index in [0.717, 1.165) is 54.3 Å². The summed E-state index contributed by atoms with van der Waals surface area (Å²) in [4.78, 5) is 2.73. The number of anilines is 1. The van der Waals surface area contributed by atoms with E-state index < -0.39 is 10.0 Å². The summed E-state index contributed by atoms with van der Waals surface area (Å²) in [5.74, 6) is 0. The minimum absolute atomic E-state index is 0.0790. The summed E-state index contributed by atoms with van der Waals surface area (Å²) in [5.41, 5.74) is 4.00. The lowest BCUT2D eigenvalue weighted by atomic mass is 10.0. The summed E-state index contributed by atoms with van der Waals surface area (Å²) in [7, 11) is -3.67. The van der Waals surface area contributed by atoms with E-state index in [1.54, 1.807) is 16.4 Å². The Hall–Kier alpha value is -2.34. The number of hydrogen-bond donors (Lipinski definition) is 0. The van der Waals surface area contributed by atoms with Crippen LogP contribution in [0.15, 0.2) is 77.7 Å². The molecule has 0 atom stereocenters. The molecule has 168 valence electrons. The second kappa shape index (κ2) is 9.65. The van der Waals surface area contributed by atoms with Crippen molar-refractivity contribution in [3.63, 3.8) is 0 Å². The standard InChI is InChI=1S/C26H29ClN2O2S/c1-20-6-12-24(13-7-20)29(32(30,31)26-5-3-4-21(2)18-26)25-14-16-28(17-15-25)19-22-8-10-23(27)11-9-22/h3-13,18,25H,14-17,19H2,1-2H3. The topological polar surface area (TPSA) is 40.6 Å². The quantitative estimate of drug-likeness (QED) is 0.458. The third kappa shape index (κ3) is 5.17. The van der Waals surface area contributed by atoms with Gasteiger partial charge in [0.2, 0.25) is 0 Å². The van der Waals surface area contributed by atoms with Gasteiger partial charge in [0.15, 0.2) is 0 Å². The van der Waals surface area contributed by atoms with Crippen LogP contribution in [0.3, 0.4) is 0 Å². The maximum atomic E-state index is 13.8. The summed E-state index contributed by atoms with van der Waals surface area (Å²) in [6.45, 7) is 6.47. The predicted molar refractivity (Wildman–Crippen MR) is 132 cm³/mol. The van der Waals surface area contributed by atoms with Crippen LogP contribution >= 0.6 is 11.6 Å². The number of halogens is 1. The molecule has 0 aromatic heterocycles. The smallest absolute Gasteiger partial charge is 0.264 e. The molecule has 1 aliphatic heterocycles. The molecule has 3 aromatic carbocycles. The molecule has 0 amide bonds. The average molecular weight is 469 g/mol. The van der Waals surface area contributed by atoms with Crippen molar-refractivity contribution in [2.24, 2.45) is 0 Å². The summed E-state index contributed by atoms with van der Waals surface area (Å²) in [6.07, 6.45) is 1.57. The van der Waals surface area contributed by atoms with Gasteiger partial charge in [-0.3, -0.25) is 9.21 Å². The number of rotatable bonds is 6. The van der Waals surface area contributed by atoms with Crippen molar-refractivity contribution in [1.82, 2.24) is 4.90 Å². The van der Waals surface area contributed by atoms with Gasteiger partial charge in [-0.05, 0) is 74.2 Å². The molecule has 1 fully saturated rings. The fourth-order valence-electron chi connectivity index (χ4n) is 4.29. The zero-order chi connectivity index (χ0) is 22.7. The fraction of sp³-hybridized carbons (Fsp3) is 0.308. The molecule has 1 heterocycles. The van der Waals surface area contributed by atoms with Crippen LogP contribution in [0.25, 0.3) is 0 Å². The molecule has 4 nitrogen and oxygen atoms in total. The van der Waals surface area contributed by atoms with Gasteiger partial charge in [-0.15, -0.1) is 0 Å². The lowest BCUT2D eigenvalue weighted by molar-refractivity contribution is 0.206. The van der Waals surface area contributed by atoms with Crippen LogP contribution in [0.4, 0.5) is 5.69 Å². The zero-order valence-corrected chi connectivity index (χ0v) is 20.1. The van der Waals surface area contributed by atoms with E-state index >= 15 is 0 Å². The molecular formula is C26H29ClN2O2S. The molecule has 0 spiro atoms. The molecule has 0 saturated carbocycles. The summed E-state index contributed by atoms with van der Waals surface area (Å²) in [6, 6.07) is 22.8. The molecule has 0 N–H and O–H groups in total. The first-order chi connectivity index (χ1) is 15.3. The van der Waals surface area contributed by atoms with Crippen molar-refractivity contribution in [3.8, 4) is 0 Å². The van der Waals surface area contributed by atoms with Crippen LogP contribution in [0.2, 0.25) is 5.02 Å². The number of piperidine rings is 1. The number of nitrogens with zero attached hydrogens (tertiary/aromatic N) is 2. The minimum Gasteiger partial charge on any atom is -0.299 e. The van der Waals surface area contributed by atoms with Crippen LogP contribution in [-0.4, -0.2) is 32.4 Å². The molecular weight excluding hydrogens is 440 g/mol. The molecule has 1 saturated heterocycles. The Kier molecular flexibility index (Phi) is 6.89. The normalized spacial score (nSPS) is 15.6. The number of sulfonamides is 1. The second-order valence-electron chi connectivity index (χ2n) is 8.59. The van der Waals surface area contributed by atoms with Crippen molar-refractivity contribution in [2.45, 2.75) is 44.2 Å². The molecule has 32 heavy (non-hydrogen) atoms. The second-order valence-corrected chi connectivity index (χ2v) is 10.8. The van der Waals surface area contributed by atoms with Crippen LogP contribution < -0.4 is 4.31 Å². The van der Waals surface area contributed by atoms with E-state index in [0.29, 0.717) is 4.90 Å². The van der Waals surface area contributed by atoms with Gasteiger partial charge in [0.25, 0.3) is 10.0 Å². The highest BCUT2D eigenvalue weighted by atomic mass is 35.5. The van der Waals surface area contributed by atoms with Gasteiger partial charge >= 0.3 is 0 Å². The summed E-state index contributed by atoms with van der Waals surface area (Å²) >= 11 is 6.00. The number of hydrogen-bond acceptors (Lipinski definition) is 3. The number of likely N-dealkylation sites (tertiary alicyclic amines) is 1. The van der Waals surface area contributed by atoms with Crippen LogP contribution in [0.1, 0.15) is 29.5 Å². The lowest BCUT2D eigenvalue weighted by Crippen LogP contribution is -2.47. The van der Waals surface area contributed by atoms with E-state index in [2.05, 4.69) is 17.0 Å². The van der Waals surface area contributed by atoms with Crippen molar-refractivity contribution in [3.05, 3.63) is 94.5 Å². The van der Waals surface area contributed by atoms with Crippen molar-refractivity contribution < 1.29 is 8.42 Å². The largest absolute Gasteiger partial charge is 0.299 e. The highest BCUT2D eigenvalue weighted by Crippen LogP contribution is 2.31. The monoisotopic (exact) mass is 468 g/mol. The molecule has 1 aliphatic rings. The molecule has 4 rings (SSSR count). The third-order valence-electron chi connectivity index (χ3n) is 6.04. The first-order valence-electron chi connectivity index (χ1n) is 11.0. The zero-order valence-electron chi connectivity index (χ0n) is 18.5. The summed E-state index contributed by atoms with van der Waals surface area (Å²) in [5, 5.41) is 0.738. The van der Waals surface area contributed by atoms with Gasteiger partial charge in [-0.1, -0.05) is 53.6 Å². The Balaban J connectivity index is 1.57.